The van der Waals surface area contributed by atoms with Crippen LogP contribution in [0.2, 0.25) is 0 Å². The van der Waals surface area contributed by atoms with Gasteiger partial charge >= 0.3 is 0 Å². The Morgan fingerprint density at radius 3 is 2.60 bits per heavy atom. The topological polar surface area (TPSA) is 46.6 Å². The second-order valence-electron chi connectivity index (χ2n) is 6.88. The Labute approximate surface area is 148 Å². The lowest BCUT2D eigenvalue weighted by Crippen LogP contribution is -2.32. The first-order valence-electron chi connectivity index (χ1n) is 8.38. The van der Waals surface area contributed by atoms with Crippen molar-refractivity contribution in [3.8, 4) is 5.75 Å². The van der Waals surface area contributed by atoms with Crippen molar-refractivity contribution < 1.29 is 13.2 Å². The van der Waals surface area contributed by atoms with Crippen LogP contribution in [0.25, 0.3) is 0 Å². The molecule has 2 atom stereocenters. The molecule has 0 amide bonds. The molecule has 130 valence electrons. The summed E-state index contributed by atoms with van der Waals surface area (Å²) in [5.41, 5.74) is 2.20. The number of nitrogens with zero attached hydrogens (tertiary/aromatic N) is 1. The maximum absolute atomic E-state index is 12.9. The Hall–Kier alpha value is -2.27. The Kier molecular flexibility index (Phi) is 3.65. The first-order chi connectivity index (χ1) is 12.0. The molecular formula is C20H21NO3S. The van der Waals surface area contributed by atoms with Gasteiger partial charge in [-0.25, -0.2) is 8.42 Å². The minimum absolute atomic E-state index is 0.0478. The number of hydrogen-bond donors (Lipinski definition) is 0. The molecule has 4 rings (SSSR count). The van der Waals surface area contributed by atoms with E-state index in [9.17, 15) is 8.42 Å². The van der Waals surface area contributed by atoms with Gasteiger partial charge in [-0.2, -0.15) is 0 Å². The molecular weight excluding hydrogens is 334 g/mol. The van der Waals surface area contributed by atoms with E-state index in [0.717, 1.165) is 17.7 Å². The molecule has 2 aliphatic rings. The zero-order chi connectivity index (χ0) is 17.7. The number of fused-ring (bicyclic) bond motifs is 1. The number of sulfonamides is 1. The average molecular weight is 355 g/mol. The first-order valence-corrected chi connectivity index (χ1v) is 9.82. The molecule has 0 saturated heterocycles. The van der Waals surface area contributed by atoms with Crippen LogP contribution in [0.3, 0.4) is 0 Å². The molecule has 2 aromatic rings. The summed E-state index contributed by atoms with van der Waals surface area (Å²) in [6.45, 7) is 2.47. The predicted molar refractivity (Wildman–Crippen MR) is 97.0 cm³/mol. The van der Waals surface area contributed by atoms with E-state index < -0.39 is 10.0 Å². The maximum Gasteiger partial charge on any atom is 0.263 e. The number of allylic oxidation sites excluding steroid dienone is 1. The van der Waals surface area contributed by atoms with Crippen LogP contribution in [-0.2, 0) is 15.4 Å². The highest BCUT2D eigenvalue weighted by molar-refractivity contribution is 7.89. The standard InChI is InChI=1S/C20H21NO3S/c1-15-6-8-19(9-7-15)25(22,23)21-11-10-20(13-17(20)14-21)16-4-3-5-18(12-16)24-2/h3-12,17H,13-14H2,1-2H3/t17-,20-/m0/s1. The monoisotopic (exact) mass is 355 g/mol. The summed E-state index contributed by atoms with van der Waals surface area (Å²) >= 11 is 0. The Morgan fingerprint density at radius 1 is 1.16 bits per heavy atom. The van der Waals surface area contributed by atoms with Crippen molar-refractivity contribution in [1.82, 2.24) is 4.31 Å². The molecule has 5 heteroatoms. The third-order valence-corrected chi connectivity index (χ3v) is 7.08. The number of aryl methyl sites for hydroxylation is 1. The second kappa shape index (κ2) is 5.63. The van der Waals surface area contributed by atoms with Gasteiger partial charge in [0, 0.05) is 18.2 Å². The molecule has 0 unspecified atom stereocenters. The summed E-state index contributed by atoms with van der Waals surface area (Å²) in [5, 5.41) is 0. The van der Waals surface area contributed by atoms with Gasteiger partial charge in [-0.15, -0.1) is 0 Å². The van der Waals surface area contributed by atoms with Crippen LogP contribution in [0.5, 0.6) is 5.75 Å². The van der Waals surface area contributed by atoms with Crippen molar-refractivity contribution in [1.29, 1.82) is 0 Å². The van der Waals surface area contributed by atoms with Gasteiger partial charge in [0.1, 0.15) is 5.75 Å². The van der Waals surface area contributed by atoms with Gasteiger partial charge in [-0.1, -0.05) is 35.9 Å². The number of hydrogen-bond acceptors (Lipinski definition) is 3. The highest BCUT2D eigenvalue weighted by Gasteiger charge is 2.56. The van der Waals surface area contributed by atoms with Crippen LogP contribution in [-0.4, -0.2) is 26.4 Å². The summed E-state index contributed by atoms with van der Waals surface area (Å²) in [6, 6.07) is 15.1. The third kappa shape index (κ3) is 2.63. The van der Waals surface area contributed by atoms with Crippen molar-refractivity contribution in [2.45, 2.75) is 23.7 Å². The molecule has 4 nitrogen and oxygen atoms in total. The van der Waals surface area contributed by atoms with Crippen molar-refractivity contribution in [3.63, 3.8) is 0 Å². The van der Waals surface area contributed by atoms with Crippen LogP contribution >= 0.6 is 0 Å². The lowest BCUT2D eigenvalue weighted by molar-refractivity contribution is 0.413. The van der Waals surface area contributed by atoms with E-state index in [2.05, 4.69) is 12.1 Å². The van der Waals surface area contributed by atoms with E-state index in [-0.39, 0.29) is 5.41 Å². The smallest absolute Gasteiger partial charge is 0.263 e. The van der Waals surface area contributed by atoms with Gasteiger partial charge in [0.05, 0.1) is 12.0 Å². The quantitative estimate of drug-likeness (QED) is 0.843. The highest BCUT2D eigenvalue weighted by Crippen LogP contribution is 2.58. The van der Waals surface area contributed by atoms with Crippen LogP contribution in [0.1, 0.15) is 17.5 Å². The fourth-order valence-electron chi connectivity index (χ4n) is 3.66. The van der Waals surface area contributed by atoms with Crippen LogP contribution in [0.15, 0.2) is 65.7 Å². The van der Waals surface area contributed by atoms with E-state index >= 15 is 0 Å². The summed E-state index contributed by atoms with van der Waals surface area (Å²) in [4.78, 5) is 0.345. The van der Waals surface area contributed by atoms with Crippen molar-refractivity contribution in [2.75, 3.05) is 13.7 Å². The summed E-state index contributed by atoms with van der Waals surface area (Å²) in [7, 11) is -1.82. The highest BCUT2D eigenvalue weighted by atomic mass is 32.2. The zero-order valence-electron chi connectivity index (χ0n) is 14.3. The summed E-state index contributed by atoms with van der Waals surface area (Å²) < 4.78 is 32.5. The van der Waals surface area contributed by atoms with Crippen molar-refractivity contribution in [2.24, 2.45) is 5.92 Å². The summed E-state index contributed by atoms with van der Waals surface area (Å²) in [5.74, 6) is 1.14. The van der Waals surface area contributed by atoms with E-state index in [1.807, 2.05) is 37.3 Å². The maximum atomic E-state index is 12.9. The number of methoxy groups -OCH3 is 1. The average Bonchev–Trinajstić information content (AvgIpc) is 3.37. The van der Waals surface area contributed by atoms with E-state index in [1.54, 1.807) is 25.4 Å². The van der Waals surface area contributed by atoms with E-state index in [4.69, 9.17) is 4.74 Å². The zero-order valence-corrected chi connectivity index (χ0v) is 15.2. The molecule has 1 saturated carbocycles. The molecule has 0 N–H and O–H groups in total. The Bertz CT molecular complexity index is 934. The minimum atomic E-state index is -3.48. The summed E-state index contributed by atoms with van der Waals surface area (Å²) in [6.07, 6.45) is 4.75. The third-order valence-electron chi connectivity index (χ3n) is 5.33. The minimum Gasteiger partial charge on any atom is -0.497 e. The molecule has 1 aliphatic heterocycles. The van der Waals surface area contributed by atoms with Gasteiger partial charge in [-0.05, 0) is 49.1 Å². The SMILES string of the molecule is COc1cccc([C@@]23C=CN(S(=O)(=O)c4ccc(C)cc4)C[C@@H]2C3)c1. The van der Waals surface area contributed by atoms with Crippen molar-refractivity contribution >= 4 is 10.0 Å². The number of ether oxygens (including phenoxy) is 1. The number of benzene rings is 2. The van der Waals surface area contributed by atoms with Crippen LogP contribution in [0, 0.1) is 12.8 Å². The van der Waals surface area contributed by atoms with Gasteiger partial charge < -0.3 is 4.74 Å². The molecule has 1 heterocycles. The van der Waals surface area contributed by atoms with Crippen molar-refractivity contribution in [3.05, 3.63) is 71.9 Å². The molecule has 0 spiro atoms. The second-order valence-corrected chi connectivity index (χ2v) is 8.77. The Balaban J connectivity index is 1.62. The molecule has 0 radical (unpaired) electrons. The van der Waals surface area contributed by atoms with Gasteiger partial charge in [0.2, 0.25) is 0 Å². The normalized spacial score (nSPS) is 24.7. The predicted octanol–water partition coefficient (Wildman–Crippen LogP) is 3.48. The molecule has 2 aromatic carbocycles. The van der Waals surface area contributed by atoms with E-state index in [1.165, 1.54) is 9.87 Å². The van der Waals surface area contributed by atoms with Crippen LogP contribution in [0.4, 0.5) is 0 Å². The Morgan fingerprint density at radius 2 is 1.92 bits per heavy atom. The first kappa shape index (κ1) is 16.2. The fourth-order valence-corrected chi connectivity index (χ4v) is 5.01. The lowest BCUT2D eigenvalue weighted by atomic mass is 9.91. The van der Waals surface area contributed by atoms with Crippen LogP contribution < -0.4 is 4.74 Å². The lowest BCUT2D eigenvalue weighted by Gasteiger charge is -2.27. The van der Waals surface area contributed by atoms with Gasteiger partial charge in [-0.3, -0.25) is 4.31 Å². The largest absolute Gasteiger partial charge is 0.497 e. The molecule has 1 aliphatic carbocycles. The molecule has 0 aromatic heterocycles. The molecule has 25 heavy (non-hydrogen) atoms. The fraction of sp³-hybridized carbons (Fsp3) is 0.300. The van der Waals surface area contributed by atoms with Gasteiger partial charge in [0.15, 0.2) is 0 Å². The molecule has 1 fully saturated rings. The number of rotatable bonds is 4. The van der Waals surface area contributed by atoms with Gasteiger partial charge in [0.25, 0.3) is 10.0 Å². The van der Waals surface area contributed by atoms with E-state index in [0.29, 0.717) is 17.4 Å². The molecule has 0 bridgehead atoms.